The van der Waals surface area contributed by atoms with Crippen LogP contribution in [0.3, 0.4) is 0 Å². The molecule has 1 saturated heterocycles. The highest BCUT2D eigenvalue weighted by Crippen LogP contribution is 2.14. The predicted octanol–water partition coefficient (Wildman–Crippen LogP) is 1.50. The molecule has 0 radical (unpaired) electrons. The summed E-state index contributed by atoms with van der Waals surface area (Å²) in [5.74, 6) is 1.81. The van der Waals surface area contributed by atoms with Gasteiger partial charge in [-0.15, -0.1) is 0 Å². The second-order valence-electron chi connectivity index (χ2n) is 4.50. The Labute approximate surface area is 97.0 Å². The van der Waals surface area contributed by atoms with Crippen molar-refractivity contribution in [1.82, 2.24) is 15.4 Å². The third-order valence-corrected chi connectivity index (χ3v) is 3.29. The quantitative estimate of drug-likeness (QED) is 0.821. The molecule has 0 atom stereocenters. The number of aromatic nitrogens is 1. The maximum atomic E-state index is 5.15. The molecule has 2 rings (SSSR count). The molecular formula is C12H21N3O. The third kappa shape index (κ3) is 3.32. The van der Waals surface area contributed by atoms with E-state index in [1.807, 2.05) is 6.07 Å². The highest BCUT2D eigenvalue weighted by atomic mass is 16.5. The van der Waals surface area contributed by atoms with Crippen LogP contribution in [-0.4, -0.2) is 36.2 Å². The Hall–Kier alpha value is -0.870. The van der Waals surface area contributed by atoms with E-state index in [0.717, 1.165) is 24.8 Å². The van der Waals surface area contributed by atoms with Crippen molar-refractivity contribution in [3.63, 3.8) is 0 Å². The second-order valence-corrected chi connectivity index (χ2v) is 4.50. The predicted molar refractivity (Wildman–Crippen MR) is 63.0 cm³/mol. The Morgan fingerprint density at radius 2 is 2.31 bits per heavy atom. The second kappa shape index (κ2) is 6.01. The molecule has 0 aromatic carbocycles. The number of rotatable bonds is 5. The van der Waals surface area contributed by atoms with Crippen LogP contribution in [0.15, 0.2) is 16.8 Å². The first-order chi connectivity index (χ1) is 7.88. The van der Waals surface area contributed by atoms with Crippen LogP contribution in [0.5, 0.6) is 0 Å². The van der Waals surface area contributed by atoms with Gasteiger partial charge in [0.15, 0.2) is 5.76 Å². The lowest BCUT2D eigenvalue weighted by atomic mass is 9.97. The van der Waals surface area contributed by atoms with Gasteiger partial charge in [-0.1, -0.05) is 12.1 Å². The van der Waals surface area contributed by atoms with Gasteiger partial charge in [-0.25, -0.2) is 0 Å². The molecule has 1 fully saturated rings. The van der Waals surface area contributed by atoms with Crippen LogP contribution in [0.2, 0.25) is 0 Å². The lowest BCUT2D eigenvalue weighted by Crippen LogP contribution is -2.35. The highest BCUT2D eigenvalue weighted by molar-refractivity contribution is 4.92. The van der Waals surface area contributed by atoms with E-state index in [1.54, 1.807) is 6.20 Å². The topological polar surface area (TPSA) is 41.3 Å². The molecule has 1 N–H and O–H groups in total. The maximum absolute atomic E-state index is 5.15. The molecular weight excluding hydrogens is 202 g/mol. The average Bonchev–Trinajstić information content (AvgIpc) is 2.82. The average molecular weight is 223 g/mol. The Morgan fingerprint density at radius 3 is 2.94 bits per heavy atom. The van der Waals surface area contributed by atoms with Crippen LogP contribution in [-0.2, 0) is 6.54 Å². The van der Waals surface area contributed by atoms with E-state index in [1.165, 1.54) is 32.5 Å². The monoisotopic (exact) mass is 223 g/mol. The van der Waals surface area contributed by atoms with Gasteiger partial charge in [-0.05, 0) is 38.4 Å². The van der Waals surface area contributed by atoms with Gasteiger partial charge in [-0.3, -0.25) is 4.90 Å². The van der Waals surface area contributed by atoms with Gasteiger partial charge in [0.25, 0.3) is 0 Å². The fourth-order valence-corrected chi connectivity index (χ4v) is 2.28. The Kier molecular flexibility index (Phi) is 4.36. The first-order valence-corrected chi connectivity index (χ1v) is 6.21. The van der Waals surface area contributed by atoms with Crippen molar-refractivity contribution in [2.75, 3.05) is 26.2 Å². The fraction of sp³-hybridized carbons (Fsp3) is 0.750. The molecule has 0 aliphatic carbocycles. The van der Waals surface area contributed by atoms with Crippen molar-refractivity contribution in [2.45, 2.75) is 26.3 Å². The first-order valence-electron chi connectivity index (χ1n) is 6.21. The summed E-state index contributed by atoms with van der Waals surface area (Å²) >= 11 is 0. The first kappa shape index (κ1) is 11.6. The highest BCUT2D eigenvalue weighted by Gasteiger charge is 2.16. The summed E-state index contributed by atoms with van der Waals surface area (Å²) in [5.41, 5.74) is 0. The summed E-state index contributed by atoms with van der Waals surface area (Å²) in [5, 5.41) is 7.15. The van der Waals surface area contributed by atoms with Crippen LogP contribution in [0.25, 0.3) is 0 Å². The summed E-state index contributed by atoms with van der Waals surface area (Å²) in [4.78, 5) is 2.44. The van der Waals surface area contributed by atoms with Crippen LogP contribution in [0.4, 0.5) is 0 Å². The van der Waals surface area contributed by atoms with E-state index in [0.29, 0.717) is 0 Å². The molecule has 0 saturated carbocycles. The number of piperidine rings is 1. The van der Waals surface area contributed by atoms with E-state index in [9.17, 15) is 0 Å². The van der Waals surface area contributed by atoms with Crippen molar-refractivity contribution < 1.29 is 4.52 Å². The van der Waals surface area contributed by atoms with Crippen LogP contribution >= 0.6 is 0 Å². The smallest absolute Gasteiger partial charge is 0.150 e. The van der Waals surface area contributed by atoms with Crippen molar-refractivity contribution in [3.05, 3.63) is 18.0 Å². The SMILES string of the molecule is CCN(Cc1ccno1)CC1CCNCC1. The molecule has 4 heteroatoms. The Balaban J connectivity index is 1.80. The molecule has 90 valence electrons. The Morgan fingerprint density at radius 1 is 1.50 bits per heavy atom. The third-order valence-electron chi connectivity index (χ3n) is 3.29. The molecule has 0 unspecified atom stereocenters. The van der Waals surface area contributed by atoms with Crippen molar-refractivity contribution in [3.8, 4) is 0 Å². The number of hydrogen-bond acceptors (Lipinski definition) is 4. The lowest BCUT2D eigenvalue weighted by Gasteiger charge is -2.28. The normalized spacial score (nSPS) is 18.1. The summed E-state index contributed by atoms with van der Waals surface area (Å²) in [6.45, 7) is 7.69. The molecule has 0 bridgehead atoms. The minimum absolute atomic E-state index is 0.837. The molecule has 1 aliphatic heterocycles. The molecule has 1 aromatic rings. The van der Waals surface area contributed by atoms with Gasteiger partial charge in [0, 0.05) is 12.6 Å². The minimum Gasteiger partial charge on any atom is -0.360 e. The van der Waals surface area contributed by atoms with E-state index in [2.05, 4.69) is 22.3 Å². The standard InChI is InChI=1S/C12H21N3O/c1-2-15(10-12-5-8-14-16-12)9-11-3-6-13-7-4-11/h5,8,11,13H,2-4,6-7,9-10H2,1H3. The Bertz CT molecular complexity index is 280. The van der Waals surface area contributed by atoms with Gasteiger partial charge in [0.2, 0.25) is 0 Å². The molecule has 0 spiro atoms. The van der Waals surface area contributed by atoms with E-state index >= 15 is 0 Å². The van der Waals surface area contributed by atoms with Crippen molar-refractivity contribution >= 4 is 0 Å². The molecule has 1 aliphatic rings. The van der Waals surface area contributed by atoms with Gasteiger partial charge >= 0.3 is 0 Å². The van der Waals surface area contributed by atoms with Crippen molar-refractivity contribution in [2.24, 2.45) is 5.92 Å². The van der Waals surface area contributed by atoms with E-state index in [4.69, 9.17) is 4.52 Å². The minimum atomic E-state index is 0.837. The zero-order chi connectivity index (χ0) is 11.2. The molecule has 16 heavy (non-hydrogen) atoms. The van der Waals surface area contributed by atoms with E-state index in [-0.39, 0.29) is 0 Å². The summed E-state index contributed by atoms with van der Waals surface area (Å²) in [6.07, 6.45) is 4.31. The van der Waals surface area contributed by atoms with Crippen molar-refractivity contribution in [1.29, 1.82) is 0 Å². The summed E-state index contributed by atoms with van der Waals surface area (Å²) in [7, 11) is 0. The van der Waals surface area contributed by atoms with Crippen LogP contribution in [0.1, 0.15) is 25.5 Å². The van der Waals surface area contributed by atoms with Gasteiger partial charge in [0.1, 0.15) is 0 Å². The molecule has 4 nitrogen and oxygen atoms in total. The van der Waals surface area contributed by atoms with Gasteiger partial charge < -0.3 is 9.84 Å². The zero-order valence-electron chi connectivity index (χ0n) is 9.98. The van der Waals surface area contributed by atoms with Gasteiger partial charge in [0.05, 0.1) is 12.7 Å². The number of nitrogens with zero attached hydrogens (tertiary/aromatic N) is 2. The molecule has 0 amide bonds. The van der Waals surface area contributed by atoms with Gasteiger partial charge in [-0.2, -0.15) is 0 Å². The maximum Gasteiger partial charge on any atom is 0.150 e. The largest absolute Gasteiger partial charge is 0.360 e. The van der Waals surface area contributed by atoms with Crippen LogP contribution < -0.4 is 5.32 Å². The number of hydrogen-bond donors (Lipinski definition) is 1. The number of nitrogens with one attached hydrogen (secondary N) is 1. The summed E-state index contributed by atoms with van der Waals surface area (Å²) in [6, 6.07) is 1.95. The van der Waals surface area contributed by atoms with Crippen LogP contribution in [0, 0.1) is 5.92 Å². The summed E-state index contributed by atoms with van der Waals surface area (Å²) < 4.78 is 5.15. The molecule has 2 heterocycles. The zero-order valence-corrected chi connectivity index (χ0v) is 9.98. The van der Waals surface area contributed by atoms with E-state index < -0.39 is 0 Å². The molecule has 1 aromatic heterocycles. The lowest BCUT2D eigenvalue weighted by molar-refractivity contribution is 0.188. The fourth-order valence-electron chi connectivity index (χ4n) is 2.28.